The highest BCUT2D eigenvalue weighted by Gasteiger charge is 2.15. The monoisotopic (exact) mass is 361 g/mol. The molecule has 0 aliphatic carbocycles. The van der Waals surface area contributed by atoms with E-state index in [1.165, 1.54) is 0 Å². The number of fused-ring (bicyclic) bond motifs is 1. The fourth-order valence-corrected chi connectivity index (χ4v) is 2.91. The summed E-state index contributed by atoms with van der Waals surface area (Å²) in [6.07, 6.45) is 4.21. The van der Waals surface area contributed by atoms with Gasteiger partial charge in [0.2, 0.25) is 0 Å². The van der Waals surface area contributed by atoms with Gasteiger partial charge in [-0.25, -0.2) is 9.97 Å². The van der Waals surface area contributed by atoms with E-state index in [9.17, 15) is 4.79 Å². The fourth-order valence-electron chi connectivity index (χ4n) is 2.91. The van der Waals surface area contributed by atoms with Gasteiger partial charge in [-0.1, -0.05) is 0 Å². The van der Waals surface area contributed by atoms with Crippen LogP contribution in [0.1, 0.15) is 16.8 Å². The molecule has 4 aromatic rings. The molecule has 7 nitrogen and oxygen atoms in total. The molecule has 27 heavy (non-hydrogen) atoms. The van der Waals surface area contributed by atoms with Crippen molar-refractivity contribution in [3.05, 3.63) is 60.4 Å². The molecule has 4 N–H and O–H groups in total. The maximum atomic E-state index is 12.3. The average Bonchev–Trinajstić information content (AvgIpc) is 3.40. The summed E-state index contributed by atoms with van der Waals surface area (Å²) in [4.78, 5) is 28.2. The SMILES string of the molecule is O=C(NCCCO)c1ccc2nc(-c3ccc[nH]3)c(-c3ccc[nH]3)nc2c1. The molecular weight excluding hydrogens is 342 g/mol. The molecule has 0 saturated carbocycles. The molecule has 3 heterocycles. The molecule has 0 bridgehead atoms. The molecule has 0 spiro atoms. The fraction of sp³-hybridized carbons (Fsp3) is 0.150. The van der Waals surface area contributed by atoms with Gasteiger partial charge in [-0.15, -0.1) is 0 Å². The summed E-state index contributed by atoms with van der Waals surface area (Å²) >= 11 is 0. The minimum absolute atomic E-state index is 0.0461. The summed E-state index contributed by atoms with van der Waals surface area (Å²) in [5.74, 6) is -0.193. The lowest BCUT2D eigenvalue weighted by atomic mass is 10.1. The standard InChI is InChI=1S/C20H19N5O2/c26-11-3-10-23-20(27)13-6-7-14-17(12-13)25-19(16-5-2-9-22-16)18(24-14)15-4-1-8-21-15/h1-2,4-9,12,21-22,26H,3,10-11H2,(H,23,27). The van der Waals surface area contributed by atoms with Crippen LogP contribution < -0.4 is 5.32 Å². The summed E-state index contributed by atoms with van der Waals surface area (Å²) < 4.78 is 0. The predicted molar refractivity (Wildman–Crippen MR) is 103 cm³/mol. The number of aliphatic hydroxyl groups is 1. The van der Waals surface area contributed by atoms with Crippen molar-refractivity contribution in [3.63, 3.8) is 0 Å². The second kappa shape index (κ2) is 7.43. The molecule has 4 rings (SSSR count). The number of nitrogens with zero attached hydrogens (tertiary/aromatic N) is 2. The Morgan fingerprint density at radius 3 is 2.22 bits per heavy atom. The van der Waals surface area contributed by atoms with Gasteiger partial charge in [0, 0.05) is 31.1 Å². The smallest absolute Gasteiger partial charge is 0.251 e. The van der Waals surface area contributed by atoms with E-state index >= 15 is 0 Å². The van der Waals surface area contributed by atoms with E-state index in [0.29, 0.717) is 35.3 Å². The van der Waals surface area contributed by atoms with E-state index in [1.54, 1.807) is 18.2 Å². The number of H-pyrrole nitrogens is 2. The van der Waals surface area contributed by atoms with Crippen molar-refractivity contribution in [2.75, 3.05) is 13.2 Å². The second-order valence-electron chi connectivity index (χ2n) is 6.12. The number of aromatic amines is 2. The van der Waals surface area contributed by atoms with Crippen molar-refractivity contribution < 1.29 is 9.90 Å². The molecule has 0 aliphatic rings. The zero-order valence-corrected chi connectivity index (χ0v) is 14.6. The lowest BCUT2D eigenvalue weighted by Gasteiger charge is -2.09. The first-order valence-electron chi connectivity index (χ1n) is 8.74. The highest BCUT2D eigenvalue weighted by atomic mass is 16.3. The summed E-state index contributed by atoms with van der Waals surface area (Å²) in [5, 5.41) is 11.6. The van der Waals surface area contributed by atoms with E-state index in [0.717, 1.165) is 17.1 Å². The Bertz CT molecular complexity index is 1060. The van der Waals surface area contributed by atoms with Gasteiger partial charge in [0.1, 0.15) is 11.4 Å². The lowest BCUT2D eigenvalue weighted by molar-refractivity contribution is 0.0951. The zero-order valence-electron chi connectivity index (χ0n) is 14.6. The average molecular weight is 361 g/mol. The van der Waals surface area contributed by atoms with Crippen LogP contribution in [-0.4, -0.2) is 44.1 Å². The molecule has 0 atom stereocenters. The van der Waals surface area contributed by atoms with E-state index in [2.05, 4.69) is 15.3 Å². The Morgan fingerprint density at radius 2 is 1.63 bits per heavy atom. The summed E-state index contributed by atoms with van der Waals surface area (Å²) in [7, 11) is 0. The first-order chi connectivity index (χ1) is 13.3. The van der Waals surface area contributed by atoms with Crippen LogP contribution in [-0.2, 0) is 0 Å². The Morgan fingerprint density at radius 1 is 0.963 bits per heavy atom. The third-order valence-corrected chi connectivity index (χ3v) is 4.25. The van der Waals surface area contributed by atoms with Crippen LogP contribution >= 0.6 is 0 Å². The van der Waals surface area contributed by atoms with Gasteiger partial charge in [-0.05, 0) is 48.9 Å². The van der Waals surface area contributed by atoms with Crippen molar-refractivity contribution in [1.82, 2.24) is 25.3 Å². The first-order valence-corrected chi connectivity index (χ1v) is 8.74. The lowest BCUT2D eigenvalue weighted by Crippen LogP contribution is -2.24. The normalized spacial score (nSPS) is 11.0. The molecule has 136 valence electrons. The van der Waals surface area contributed by atoms with Crippen molar-refractivity contribution in [1.29, 1.82) is 0 Å². The Hall–Kier alpha value is -3.45. The van der Waals surface area contributed by atoms with Gasteiger partial charge >= 0.3 is 0 Å². The molecule has 1 aromatic carbocycles. The van der Waals surface area contributed by atoms with E-state index in [-0.39, 0.29) is 12.5 Å². The van der Waals surface area contributed by atoms with Crippen LogP contribution in [0.2, 0.25) is 0 Å². The number of rotatable bonds is 6. The van der Waals surface area contributed by atoms with Crippen LogP contribution in [0.4, 0.5) is 0 Å². The van der Waals surface area contributed by atoms with Gasteiger partial charge in [0.05, 0.1) is 22.4 Å². The number of carbonyl (C=O) groups excluding carboxylic acids is 1. The van der Waals surface area contributed by atoms with E-state index in [1.807, 2.05) is 36.7 Å². The third kappa shape index (κ3) is 3.45. The van der Waals surface area contributed by atoms with Crippen molar-refractivity contribution in [2.45, 2.75) is 6.42 Å². The van der Waals surface area contributed by atoms with Gasteiger partial charge in [-0.2, -0.15) is 0 Å². The number of hydrogen-bond acceptors (Lipinski definition) is 4. The second-order valence-corrected chi connectivity index (χ2v) is 6.12. The highest BCUT2D eigenvalue weighted by molar-refractivity contribution is 5.98. The Kier molecular flexibility index (Phi) is 4.67. The van der Waals surface area contributed by atoms with Crippen LogP contribution in [0.5, 0.6) is 0 Å². The number of benzene rings is 1. The van der Waals surface area contributed by atoms with Crippen LogP contribution in [0, 0.1) is 0 Å². The zero-order chi connectivity index (χ0) is 18.6. The largest absolute Gasteiger partial charge is 0.396 e. The van der Waals surface area contributed by atoms with Crippen LogP contribution in [0.15, 0.2) is 54.9 Å². The molecule has 0 saturated heterocycles. The first kappa shape index (κ1) is 17.0. The molecule has 0 radical (unpaired) electrons. The van der Waals surface area contributed by atoms with Crippen LogP contribution in [0.25, 0.3) is 33.8 Å². The highest BCUT2D eigenvalue weighted by Crippen LogP contribution is 2.29. The summed E-state index contributed by atoms with van der Waals surface area (Å²) in [5.41, 5.74) is 5.06. The van der Waals surface area contributed by atoms with Gasteiger partial charge in [0.15, 0.2) is 0 Å². The van der Waals surface area contributed by atoms with Gasteiger partial charge < -0.3 is 20.4 Å². The number of hydrogen-bond donors (Lipinski definition) is 4. The molecule has 0 unspecified atom stereocenters. The van der Waals surface area contributed by atoms with Crippen molar-refractivity contribution in [2.24, 2.45) is 0 Å². The molecule has 1 amide bonds. The molecule has 3 aromatic heterocycles. The number of nitrogens with one attached hydrogen (secondary N) is 3. The molecule has 0 fully saturated rings. The molecular formula is C20H19N5O2. The van der Waals surface area contributed by atoms with Crippen molar-refractivity contribution in [3.8, 4) is 22.8 Å². The Balaban J connectivity index is 1.78. The van der Waals surface area contributed by atoms with Crippen molar-refractivity contribution >= 4 is 16.9 Å². The molecule has 0 aliphatic heterocycles. The number of aliphatic hydroxyl groups excluding tert-OH is 1. The number of carbonyl (C=O) groups is 1. The minimum atomic E-state index is -0.193. The summed E-state index contributed by atoms with van der Waals surface area (Å²) in [6.45, 7) is 0.475. The molecule has 7 heteroatoms. The minimum Gasteiger partial charge on any atom is -0.396 e. The Labute approximate surface area is 155 Å². The number of amides is 1. The maximum absolute atomic E-state index is 12.3. The van der Waals surface area contributed by atoms with Gasteiger partial charge in [0.25, 0.3) is 5.91 Å². The van der Waals surface area contributed by atoms with Gasteiger partial charge in [-0.3, -0.25) is 4.79 Å². The summed E-state index contributed by atoms with van der Waals surface area (Å²) in [6, 6.07) is 13.0. The maximum Gasteiger partial charge on any atom is 0.251 e. The van der Waals surface area contributed by atoms with E-state index in [4.69, 9.17) is 15.1 Å². The third-order valence-electron chi connectivity index (χ3n) is 4.25. The predicted octanol–water partition coefficient (Wildman–Crippen LogP) is 2.73. The van der Waals surface area contributed by atoms with E-state index < -0.39 is 0 Å². The number of aromatic nitrogens is 4. The van der Waals surface area contributed by atoms with Crippen LogP contribution in [0.3, 0.4) is 0 Å². The topological polar surface area (TPSA) is 107 Å². The quantitative estimate of drug-likeness (QED) is 0.396.